The van der Waals surface area contributed by atoms with Crippen molar-refractivity contribution in [2.75, 3.05) is 14.2 Å². The van der Waals surface area contributed by atoms with Crippen LogP contribution in [-0.4, -0.2) is 24.5 Å². The Morgan fingerprint density at radius 1 is 1.31 bits per heavy atom. The number of hydrogen-bond acceptors (Lipinski definition) is 3. The van der Waals surface area contributed by atoms with Gasteiger partial charge in [-0.25, -0.2) is 0 Å². The van der Waals surface area contributed by atoms with Gasteiger partial charge in [0.05, 0.1) is 7.11 Å². The van der Waals surface area contributed by atoms with E-state index in [2.05, 4.69) is 15.9 Å². The van der Waals surface area contributed by atoms with E-state index in [1.807, 2.05) is 30.3 Å². The van der Waals surface area contributed by atoms with Crippen LogP contribution in [0.15, 0.2) is 30.3 Å². The second-order valence-electron chi connectivity index (χ2n) is 3.59. The van der Waals surface area contributed by atoms with Gasteiger partial charge in [-0.05, 0) is 12.5 Å². The predicted molar refractivity (Wildman–Crippen MR) is 65.5 cm³/mol. The summed E-state index contributed by atoms with van der Waals surface area (Å²) in [5, 5.41) is 0. The molecule has 1 aromatic rings. The first-order chi connectivity index (χ1) is 7.54. The van der Waals surface area contributed by atoms with Crippen molar-refractivity contribution in [2.24, 2.45) is 0 Å². The third kappa shape index (κ3) is 2.62. The van der Waals surface area contributed by atoms with Crippen LogP contribution in [0.5, 0.6) is 0 Å². The predicted octanol–water partition coefficient (Wildman–Crippen LogP) is 2.70. The Morgan fingerprint density at radius 3 is 2.31 bits per heavy atom. The normalized spacial score (nSPS) is 16.2. The summed E-state index contributed by atoms with van der Waals surface area (Å²) in [6.07, 6.45) is -0.388. The van der Waals surface area contributed by atoms with Crippen LogP contribution in [0, 0.1) is 0 Å². The summed E-state index contributed by atoms with van der Waals surface area (Å²) in [5.41, 5.74) is 0.926. The van der Waals surface area contributed by atoms with E-state index in [4.69, 9.17) is 9.47 Å². The van der Waals surface area contributed by atoms with Crippen molar-refractivity contribution in [3.05, 3.63) is 35.9 Å². The number of esters is 1. The van der Waals surface area contributed by atoms with Gasteiger partial charge in [0.15, 0.2) is 4.32 Å². The fourth-order valence-corrected chi connectivity index (χ4v) is 2.22. The van der Waals surface area contributed by atoms with Crippen molar-refractivity contribution in [3.8, 4) is 0 Å². The van der Waals surface area contributed by atoms with E-state index in [1.165, 1.54) is 7.11 Å². The van der Waals surface area contributed by atoms with E-state index < -0.39 is 4.32 Å². The summed E-state index contributed by atoms with van der Waals surface area (Å²) in [6.45, 7) is 1.74. The third-order valence-corrected chi connectivity index (χ3v) is 3.15. The van der Waals surface area contributed by atoms with Gasteiger partial charge in [-0.2, -0.15) is 0 Å². The van der Waals surface area contributed by atoms with Crippen molar-refractivity contribution in [1.29, 1.82) is 0 Å². The second-order valence-corrected chi connectivity index (χ2v) is 5.24. The molecule has 0 aliphatic heterocycles. The van der Waals surface area contributed by atoms with Gasteiger partial charge in [-0.15, -0.1) is 0 Å². The molecule has 0 spiro atoms. The van der Waals surface area contributed by atoms with Gasteiger partial charge in [0, 0.05) is 7.11 Å². The lowest BCUT2D eigenvalue weighted by Gasteiger charge is -2.29. The summed E-state index contributed by atoms with van der Waals surface area (Å²) in [5.74, 6) is -0.358. The molecule has 0 N–H and O–H groups in total. The molecule has 0 aromatic heterocycles. The molecule has 0 amide bonds. The van der Waals surface area contributed by atoms with Crippen LogP contribution in [0.1, 0.15) is 18.6 Å². The van der Waals surface area contributed by atoms with Gasteiger partial charge in [-0.3, -0.25) is 4.79 Å². The number of hydrogen-bond donors (Lipinski definition) is 0. The summed E-state index contributed by atoms with van der Waals surface area (Å²) in [6, 6.07) is 9.55. The number of carbonyl (C=O) groups is 1. The summed E-state index contributed by atoms with van der Waals surface area (Å²) >= 11 is 3.37. The number of halogens is 1. The van der Waals surface area contributed by atoms with Crippen LogP contribution in [0.3, 0.4) is 0 Å². The van der Waals surface area contributed by atoms with Crippen molar-refractivity contribution in [3.63, 3.8) is 0 Å². The maximum Gasteiger partial charge on any atom is 0.325 e. The van der Waals surface area contributed by atoms with E-state index in [0.29, 0.717) is 0 Å². The zero-order chi connectivity index (χ0) is 12.2. The minimum absolute atomic E-state index is 0.358. The van der Waals surface area contributed by atoms with Gasteiger partial charge in [0.1, 0.15) is 6.10 Å². The fourth-order valence-electron chi connectivity index (χ4n) is 1.60. The molecule has 4 heteroatoms. The van der Waals surface area contributed by atoms with Crippen LogP contribution in [-0.2, 0) is 14.3 Å². The lowest BCUT2D eigenvalue weighted by atomic mass is 9.97. The molecule has 0 unspecified atom stereocenters. The first kappa shape index (κ1) is 13.2. The first-order valence-corrected chi connectivity index (χ1v) is 5.68. The van der Waals surface area contributed by atoms with Crippen molar-refractivity contribution in [2.45, 2.75) is 17.4 Å². The Labute approximate surface area is 104 Å². The number of rotatable bonds is 4. The van der Waals surface area contributed by atoms with Crippen molar-refractivity contribution < 1.29 is 14.3 Å². The largest absolute Gasteiger partial charge is 0.468 e. The van der Waals surface area contributed by atoms with Crippen LogP contribution in [0.2, 0.25) is 0 Å². The monoisotopic (exact) mass is 286 g/mol. The minimum Gasteiger partial charge on any atom is -0.468 e. The molecule has 1 aromatic carbocycles. The maximum absolute atomic E-state index is 11.7. The van der Waals surface area contributed by atoms with Crippen LogP contribution < -0.4 is 0 Å². The number of benzene rings is 1. The smallest absolute Gasteiger partial charge is 0.325 e. The zero-order valence-electron chi connectivity index (χ0n) is 9.57. The molecule has 0 bridgehead atoms. The SMILES string of the molecule is COC(=O)[C@](C)(Br)[C@H](OC)c1ccccc1. The standard InChI is InChI=1S/C12H15BrO3/c1-12(13,11(14)16-3)10(15-2)9-7-5-4-6-8-9/h4-8,10H,1-3H3/t10-,12-/m1/s1. The Balaban J connectivity index is 3.03. The van der Waals surface area contributed by atoms with Crippen LogP contribution in [0.4, 0.5) is 0 Å². The zero-order valence-corrected chi connectivity index (χ0v) is 11.2. The van der Waals surface area contributed by atoms with E-state index >= 15 is 0 Å². The lowest BCUT2D eigenvalue weighted by molar-refractivity contribution is -0.146. The van der Waals surface area contributed by atoms with E-state index in [1.54, 1.807) is 14.0 Å². The molecular weight excluding hydrogens is 272 g/mol. The molecule has 0 saturated heterocycles. The van der Waals surface area contributed by atoms with Gasteiger partial charge in [0.2, 0.25) is 0 Å². The fraction of sp³-hybridized carbons (Fsp3) is 0.417. The Kier molecular flexibility index (Phi) is 4.50. The average Bonchev–Trinajstić information content (AvgIpc) is 2.30. The van der Waals surface area contributed by atoms with E-state index in [-0.39, 0.29) is 12.1 Å². The second kappa shape index (κ2) is 5.46. The summed E-state index contributed by atoms with van der Waals surface area (Å²) in [7, 11) is 2.93. The number of carbonyl (C=O) groups excluding carboxylic acids is 1. The lowest BCUT2D eigenvalue weighted by Crippen LogP contribution is -2.37. The minimum atomic E-state index is -0.891. The number of alkyl halides is 1. The molecule has 0 heterocycles. The van der Waals surface area contributed by atoms with Crippen molar-refractivity contribution >= 4 is 21.9 Å². The Hall–Kier alpha value is -0.870. The topological polar surface area (TPSA) is 35.5 Å². The quantitative estimate of drug-likeness (QED) is 0.631. The summed E-state index contributed by atoms with van der Waals surface area (Å²) < 4.78 is 9.24. The third-order valence-electron chi connectivity index (χ3n) is 2.41. The molecule has 0 radical (unpaired) electrons. The Morgan fingerprint density at radius 2 is 1.88 bits per heavy atom. The summed E-state index contributed by atoms with van der Waals surface area (Å²) in [4.78, 5) is 11.7. The molecule has 2 atom stereocenters. The van der Waals surface area contributed by atoms with Gasteiger partial charge in [-0.1, -0.05) is 46.3 Å². The molecule has 0 fully saturated rings. The molecule has 0 aliphatic carbocycles. The molecular formula is C12H15BrO3. The van der Waals surface area contributed by atoms with Crippen LogP contribution in [0.25, 0.3) is 0 Å². The first-order valence-electron chi connectivity index (χ1n) is 4.89. The highest BCUT2D eigenvalue weighted by Gasteiger charge is 2.41. The molecule has 88 valence electrons. The Bertz CT molecular complexity index is 349. The van der Waals surface area contributed by atoms with Crippen molar-refractivity contribution in [1.82, 2.24) is 0 Å². The highest BCUT2D eigenvalue weighted by atomic mass is 79.9. The van der Waals surface area contributed by atoms with Gasteiger partial charge in [0.25, 0.3) is 0 Å². The van der Waals surface area contributed by atoms with E-state index in [0.717, 1.165) is 5.56 Å². The highest BCUT2D eigenvalue weighted by molar-refractivity contribution is 9.10. The van der Waals surface area contributed by atoms with Crippen LogP contribution >= 0.6 is 15.9 Å². The molecule has 0 saturated carbocycles. The maximum atomic E-state index is 11.7. The molecule has 3 nitrogen and oxygen atoms in total. The average molecular weight is 287 g/mol. The van der Waals surface area contributed by atoms with Gasteiger partial charge < -0.3 is 9.47 Å². The number of ether oxygens (including phenoxy) is 2. The highest BCUT2D eigenvalue weighted by Crippen LogP contribution is 2.37. The molecule has 16 heavy (non-hydrogen) atoms. The van der Waals surface area contributed by atoms with Gasteiger partial charge >= 0.3 is 5.97 Å². The van der Waals surface area contributed by atoms with E-state index in [9.17, 15) is 4.79 Å². The molecule has 1 rings (SSSR count). The number of methoxy groups -OCH3 is 2. The molecule has 0 aliphatic rings.